The van der Waals surface area contributed by atoms with Crippen LogP contribution in [0.4, 0.5) is 0 Å². The average Bonchev–Trinajstić information content (AvgIpc) is 2.55. The van der Waals surface area contributed by atoms with E-state index < -0.39 is 0 Å². The van der Waals surface area contributed by atoms with Crippen molar-refractivity contribution in [2.24, 2.45) is 0 Å². The third-order valence-electron chi connectivity index (χ3n) is 1.91. The molecular weight excluding hydrogens is 166 g/mol. The number of hydrogen-bond acceptors (Lipinski definition) is 2. The summed E-state index contributed by atoms with van der Waals surface area (Å²) in [4.78, 5) is 1.92. The van der Waals surface area contributed by atoms with Crippen molar-refractivity contribution in [2.45, 2.75) is 12.8 Å². The predicted octanol–water partition coefficient (Wildman–Crippen LogP) is 0.274. The van der Waals surface area contributed by atoms with E-state index in [9.17, 15) is 0 Å². The number of nitrogens with one attached hydrogen (secondary N) is 4. The van der Waals surface area contributed by atoms with Crippen LogP contribution in [-0.4, -0.2) is 29.9 Å². The van der Waals surface area contributed by atoms with E-state index in [0.717, 1.165) is 25.9 Å². The van der Waals surface area contributed by atoms with Gasteiger partial charge < -0.3 is 10.2 Å². The second-order valence-corrected chi connectivity index (χ2v) is 2.89. The molecule has 5 nitrogen and oxygen atoms in total. The maximum absolute atomic E-state index is 7.59. The molecular formula is C8H15N5. The van der Waals surface area contributed by atoms with Crippen molar-refractivity contribution in [2.75, 3.05) is 13.1 Å². The van der Waals surface area contributed by atoms with E-state index in [1.54, 1.807) is 0 Å². The van der Waals surface area contributed by atoms with Crippen molar-refractivity contribution in [3.05, 3.63) is 12.8 Å². The van der Waals surface area contributed by atoms with Crippen molar-refractivity contribution in [3.8, 4) is 0 Å². The van der Waals surface area contributed by atoms with Gasteiger partial charge in [-0.25, -0.2) is 0 Å². The number of guanidine groups is 2. The fourth-order valence-corrected chi connectivity index (χ4v) is 1.28. The van der Waals surface area contributed by atoms with Crippen LogP contribution in [0.1, 0.15) is 12.8 Å². The molecule has 1 aliphatic heterocycles. The molecule has 1 rings (SSSR count). The fraction of sp³-hybridized carbons (Fsp3) is 0.500. The summed E-state index contributed by atoms with van der Waals surface area (Å²) in [5.41, 5.74) is 0. The van der Waals surface area contributed by atoms with Gasteiger partial charge >= 0.3 is 0 Å². The molecule has 1 heterocycles. The van der Waals surface area contributed by atoms with Crippen molar-refractivity contribution >= 4 is 11.9 Å². The molecule has 0 spiro atoms. The zero-order chi connectivity index (χ0) is 9.68. The van der Waals surface area contributed by atoms with Crippen LogP contribution >= 0.6 is 0 Å². The third kappa shape index (κ3) is 2.77. The molecule has 0 radical (unpaired) electrons. The number of hydrogen-bond donors (Lipinski definition) is 4. The Morgan fingerprint density at radius 3 is 2.46 bits per heavy atom. The molecule has 5 heteroatoms. The van der Waals surface area contributed by atoms with E-state index in [4.69, 9.17) is 10.8 Å². The van der Waals surface area contributed by atoms with Gasteiger partial charge in [0.2, 0.25) is 0 Å². The second-order valence-electron chi connectivity index (χ2n) is 2.89. The molecule has 1 aliphatic rings. The van der Waals surface area contributed by atoms with Gasteiger partial charge in [-0.3, -0.25) is 16.1 Å². The van der Waals surface area contributed by atoms with Gasteiger partial charge in [0.1, 0.15) is 0 Å². The Kier molecular flexibility index (Phi) is 3.31. The van der Waals surface area contributed by atoms with Crippen LogP contribution in [0.25, 0.3) is 0 Å². The van der Waals surface area contributed by atoms with Crippen LogP contribution in [-0.2, 0) is 0 Å². The van der Waals surface area contributed by atoms with E-state index in [1.165, 1.54) is 6.20 Å². The van der Waals surface area contributed by atoms with Crippen LogP contribution in [0.5, 0.6) is 0 Å². The van der Waals surface area contributed by atoms with Gasteiger partial charge in [-0.1, -0.05) is 6.58 Å². The molecule has 13 heavy (non-hydrogen) atoms. The van der Waals surface area contributed by atoms with Crippen molar-refractivity contribution in [1.29, 1.82) is 10.8 Å². The highest BCUT2D eigenvalue weighted by molar-refractivity contribution is 5.96. The minimum atomic E-state index is 0.0897. The van der Waals surface area contributed by atoms with E-state index in [1.807, 2.05) is 4.90 Å². The maximum atomic E-state index is 7.59. The van der Waals surface area contributed by atoms with Gasteiger partial charge in [0.25, 0.3) is 0 Å². The Hall–Kier alpha value is -1.52. The molecule has 72 valence electrons. The number of likely N-dealkylation sites (tertiary alicyclic amines) is 1. The summed E-state index contributed by atoms with van der Waals surface area (Å²) in [7, 11) is 0. The molecule has 0 aromatic carbocycles. The quantitative estimate of drug-likeness (QED) is 0.346. The van der Waals surface area contributed by atoms with Crippen LogP contribution in [0.15, 0.2) is 12.8 Å². The lowest BCUT2D eigenvalue weighted by molar-refractivity contribution is 0.502. The topological polar surface area (TPSA) is 75.0 Å². The first-order valence-electron chi connectivity index (χ1n) is 4.30. The molecule has 0 unspecified atom stereocenters. The number of nitrogens with zero attached hydrogens (tertiary/aromatic N) is 1. The lowest BCUT2D eigenvalue weighted by atomic mass is 10.4. The van der Waals surface area contributed by atoms with Gasteiger partial charge in [-0.2, -0.15) is 0 Å². The van der Waals surface area contributed by atoms with Crippen LogP contribution in [0.2, 0.25) is 0 Å². The SMILES string of the molecule is C=CNC(=N)NC(=N)N1CCCC1. The van der Waals surface area contributed by atoms with Gasteiger partial charge in [0.05, 0.1) is 0 Å². The summed E-state index contributed by atoms with van der Waals surface area (Å²) in [6.45, 7) is 5.25. The molecule has 1 fully saturated rings. The normalized spacial score (nSPS) is 15.2. The fourth-order valence-electron chi connectivity index (χ4n) is 1.28. The monoisotopic (exact) mass is 181 g/mol. The Morgan fingerprint density at radius 1 is 1.31 bits per heavy atom. The largest absolute Gasteiger partial charge is 0.343 e. The Morgan fingerprint density at radius 2 is 1.92 bits per heavy atom. The van der Waals surface area contributed by atoms with Gasteiger partial charge in [-0.15, -0.1) is 0 Å². The summed E-state index contributed by atoms with van der Waals surface area (Å²) in [5.74, 6) is 0.378. The standard InChI is InChI=1S/C8H15N5/c1-2-11-7(9)12-8(10)13-5-3-4-6-13/h2H,1,3-6H2,(H4,9,10,11,12). The predicted molar refractivity (Wildman–Crippen MR) is 52.7 cm³/mol. The van der Waals surface area contributed by atoms with Crippen LogP contribution in [0, 0.1) is 10.8 Å². The van der Waals surface area contributed by atoms with E-state index in [0.29, 0.717) is 0 Å². The zero-order valence-electron chi connectivity index (χ0n) is 7.56. The zero-order valence-corrected chi connectivity index (χ0v) is 7.56. The molecule has 0 aromatic heterocycles. The minimum absolute atomic E-state index is 0.0897. The van der Waals surface area contributed by atoms with E-state index in [2.05, 4.69) is 17.2 Å². The molecule has 0 saturated carbocycles. The second kappa shape index (κ2) is 4.49. The minimum Gasteiger partial charge on any atom is -0.343 e. The lowest BCUT2D eigenvalue weighted by Gasteiger charge is -2.19. The Bertz CT molecular complexity index is 217. The molecule has 0 bridgehead atoms. The summed E-state index contributed by atoms with van der Waals surface area (Å²) < 4.78 is 0. The van der Waals surface area contributed by atoms with Gasteiger partial charge in [0, 0.05) is 13.1 Å². The first kappa shape index (κ1) is 9.57. The van der Waals surface area contributed by atoms with Crippen LogP contribution in [0.3, 0.4) is 0 Å². The van der Waals surface area contributed by atoms with E-state index >= 15 is 0 Å². The summed E-state index contributed by atoms with van der Waals surface area (Å²) >= 11 is 0. The molecule has 0 aromatic rings. The smallest absolute Gasteiger partial charge is 0.199 e. The average molecular weight is 181 g/mol. The highest BCUT2D eigenvalue weighted by Gasteiger charge is 2.14. The van der Waals surface area contributed by atoms with E-state index in [-0.39, 0.29) is 11.9 Å². The van der Waals surface area contributed by atoms with Crippen molar-refractivity contribution < 1.29 is 0 Å². The first-order chi connectivity index (χ1) is 6.24. The van der Waals surface area contributed by atoms with Gasteiger partial charge in [-0.05, 0) is 19.0 Å². The lowest BCUT2D eigenvalue weighted by Crippen LogP contribution is -2.45. The number of rotatable bonds is 1. The maximum Gasteiger partial charge on any atom is 0.199 e. The third-order valence-corrected chi connectivity index (χ3v) is 1.91. The highest BCUT2D eigenvalue weighted by Crippen LogP contribution is 2.05. The Labute approximate surface area is 77.8 Å². The summed E-state index contributed by atoms with van der Waals surface area (Å²) in [6, 6.07) is 0. The molecule has 0 amide bonds. The Balaban J connectivity index is 2.31. The highest BCUT2D eigenvalue weighted by atomic mass is 15.3. The molecule has 4 N–H and O–H groups in total. The molecule has 1 saturated heterocycles. The first-order valence-corrected chi connectivity index (χ1v) is 4.30. The van der Waals surface area contributed by atoms with Gasteiger partial charge in [0.15, 0.2) is 11.9 Å². The summed E-state index contributed by atoms with van der Waals surface area (Å²) in [5, 5.41) is 20.1. The molecule has 0 atom stereocenters. The van der Waals surface area contributed by atoms with Crippen molar-refractivity contribution in [3.63, 3.8) is 0 Å². The molecule has 0 aliphatic carbocycles. The summed E-state index contributed by atoms with van der Waals surface area (Å²) in [6.07, 6.45) is 3.67. The van der Waals surface area contributed by atoms with Crippen LogP contribution < -0.4 is 10.6 Å². The van der Waals surface area contributed by atoms with Crippen molar-refractivity contribution in [1.82, 2.24) is 15.5 Å².